The highest BCUT2D eigenvalue weighted by Crippen LogP contribution is 2.39. The van der Waals surface area contributed by atoms with Gasteiger partial charge in [-0.1, -0.05) is 32.6 Å². The largest absolute Gasteiger partial charge is 0.490 e. The molecule has 30 heavy (non-hydrogen) atoms. The summed E-state index contributed by atoms with van der Waals surface area (Å²) in [6.07, 6.45) is 5.99. The van der Waals surface area contributed by atoms with Crippen molar-refractivity contribution in [3.63, 3.8) is 0 Å². The molecule has 1 aromatic carbocycles. The highest BCUT2D eigenvalue weighted by Gasteiger charge is 2.43. The van der Waals surface area contributed by atoms with Gasteiger partial charge in [-0.25, -0.2) is 0 Å². The van der Waals surface area contributed by atoms with Crippen molar-refractivity contribution in [3.8, 4) is 5.75 Å². The predicted octanol–water partition coefficient (Wildman–Crippen LogP) is 3.57. The molecular formula is C24H34N2O4. The molecule has 1 atom stereocenters. The van der Waals surface area contributed by atoms with Gasteiger partial charge in [0.25, 0.3) is 5.91 Å². The second kappa shape index (κ2) is 10.1. The minimum absolute atomic E-state index is 0.0204. The molecule has 2 aliphatic rings. The van der Waals surface area contributed by atoms with Crippen LogP contribution in [0.4, 0.5) is 0 Å². The number of nitrogens with zero attached hydrogens (tertiary/aromatic N) is 1. The highest BCUT2D eigenvalue weighted by atomic mass is 16.5. The van der Waals surface area contributed by atoms with Gasteiger partial charge in [-0.15, -0.1) is 0 Å². The Hall–Kier alpha value is -2.34. The monoisotopic (exact) mass is 414 g/mol. The summed E-state index contributed by atoms with van der Waals surface area (Å²) >= 11 is 0. The Morgan fingerprint density at radius 1 is 1.33 bits per heavy atom. The van der Waals surface area contributed by atoms with Gasteiger partial charge < -0.3 is 19.7 Å². The maximum Gasteiger partial charge on any atom is 0.251 e. The Balaban J connectivity index is 1.45. The van der Waals surface area contributed by atoms with Gasteiger partial charge in [-0.05, 0) is 49.8 Å². The lowest BCUT2D eigenvalue weighted by molar-refractivity contribution is -0.138. The van der Waals surface area contributed by atoms with Gasteiger partial charge in [0.05, 0.1) is 11.7 Å². The van der Waals surface area contributed by atoms with Gasteiger partial charge in [-0.2, -0.15) is 0 Å². The third-order valence-corrected chi connectivity index (χ3v) is 5.90. The van der Waals surface area contributed by atoms with E-state index in [0.717, 1.165) is 38.8 Å². The van der Waals surface area contributed by atoms with Crippen LogP contribution in [0.5, 0.6) is 5.75 Å². The summed E-state index contributed by atoms with van der Waals surface area (Å²) in [5.74, 6) is 1.16. The van der Waals surface area contributed by atoms with Crippen molar-refractivity contribution in [1.29, 1.82) is 0 Å². The number of likely N-dealkylation sites (tertiary alicyclic amines) is 1. The first-order chi connectivity index (χ1) is 14.4. The molecule has 0 radical (unpaired) electrons. The van der Waals surface area contributed by atoms with E-state index >= 15 is 0 Å². The van der Waals surface area contributed by atoms with Gasteiger partial charge in [0, 0.05) is 31.6 Å². The van der Waals surface area contributed by atoms with Crippen molar-refractivity contribution in [2.75, 3.05) is 26.2 Å². The lowest BCUT2D eigenvalue weighted by Gasteiger charge is -2.39. The molecule has 2 heterocycles. The number of piperidine rings is 1. The number of hydrogen-bond acceptors (Lipinski definition) is 4. The van der Waals surface area contributed by atoms with Gasteiger partial charge in [0.2, 0.25) is 5.91 Å². The summed E-state index contributed by atoms with van der Waals surface area (Å²) in [5, 5.41) is 2.99. The van der Waals surface area contributed by atoms with Gasteiger partial charge >= 0.3 is 0 Å². The molecule has 164 valence electrons. The standard InChI is InChI=1S/C24H34N2O4/c1-4-14-29-20-7-5-6-19(16-20)23(28)25-17-21-8-9-24(30-21)10-12-26(13-11-24)22(27)15-18(2)3/h4-7,16,18,21H,1,8-15,17H2,2-3H3,(H,25,28). The van der Waals surface area contributed by atoms with Crippen LogP contribution in [0, 0.1) is 5.92 Å². The Morgan fingerprint density at radius 2 is 2.10 bits per heavy atom. The van der Waals surface area contributed by atoms with Crippen LogP contribution in [0.3, 0.4) is 0 Å². The average Bonchev–Trinajstić information content (AvgIpc) is 3.13. The van der Waals surface area contributed by atoms with Crippen LogP contribution >= 0.6 is 0 Å². The fourth-order valence-electron chi connectivity index (χ4n) is 4.24. The van der Waals surface area contributed by atoms with E-state index < -0.39 is 0 Å². The van der Waals surface area contributed by atoms with E-state index in [-0.39, 0.29) is 23.5 Å². The summed E-state index contributed by atoms with van der Waals surface area (Å²) in [6.45, 7) is 10.2. The summed E-state index contributed by atoms with van der Waals surface area (Å²) in [4.78, 5) is 26.8. The Bertz CT molecular complexity index is 753. The van der Waals surface area contributed by atoms with Crippen molar-refractivity contribution >= 4 is 11.8 Å². The van der Waals surface area contributed by atoms with Crippen LogP contribution in [0.25, 0.3) is 0 Å². The molecule has 0 bridgehead atoms. The second-order valence-electron chi connectivity index (χ2n) is 8.78. The van der Waals surface area contributed by atoms with Crippen molar-refractivity contribution < 1.29 is 19.1 Å². The molecule has 2 saturated heterocycles. The number of rotatable bonds is 8. The maximum absolute atomic E-state index is 12.5. The molecular weight excluding hydrogens is 380 g/mol. The minimum Gasteiger partial charge on any atom is -0.490 e. The van der Waals surface area contributed by atoms with Gasteiger partial charge in [-0.3, -0.25) is 9.59 Å². The third-order valence-electron chi connectivity index (χ3n) is 5.90. The number of nitrogens with one attached hydrogen (secondary N) is 1. The third kappa shape index (κ3) is 5.85. The lowest BCUT2D eigenvalue weighted by Crippen LogP contribution is -2.47. The summed E-state index contributed by atoms with van der Waals surface area (Å²) in [7, 11) is 0. The zero-order chi connectivity index (χ0) is 21.6. The number of amides is 2. The van der Waals surface area contributed by atoms with E-state index in [4.69, 9.17) is 9.47 Å². The maximum atomic E-state index is 12.5. The molecule has 0 saturated carbocycles. The fraction of sp³-hybridized carbons (Fsp3) is 0.583. The minimum atomic E-state index is -0.136. The van der Waals surface area contributed by atoms with Gasteiger partial charge in [0.1, 0.15) is 12.4 Å². The Labute approximate surface area is 179 Å². The van der Waals surface area contributed by atoms with Crippen LogP contribution in [0.15, 0.2) is 36.9 Å². The van der Waals surface area contributed by atoms with E-state index in [9.17, 15) is 9.59 Å². The highest BCUT2D eigenvalue weighted by molar-refractivity contribution is 5.94. The Morgan fingerprint density at radius 3 is 2.80 bits per heavy atom. The van der Waals surface area contributed by atoms with Crippen LogP contribution in [-0.4, -0.2) is 54.7 Å². The van der Waals surface area contributed by atoms with Crippen LogP contribution < -0.4 is 10.1 Å². The molecule has 2 amide bonds. The van der Waals surface area contributed by atoms with Crippen molar-refractivity contribution in [2.45, 2.75) is 57.7 Å². The van der Waals surface area contributed by atoms with E-state index in [1.54, 1.807) is 18.2 Å². The first-order valence-electron chi connectivity index (χ1n) is 11.0. The molecule has 2 aliphatic heterocycles. The molecule has 0 aromatic heterocycles. The van der Waals surface area contributed by atoms with Crippen molar-refractivity contribution in [1.82, 2.24) is 10.2 Å². The lowest BCUT2D eigenvalue weighted by atomic mass is 9.88. The molecule has 0 aliphatic carbocycles. The van der Waals surface area contributed by atoms with Crippen LogP contribution in [0.1, 0.15) is 56.3 Å². The van der Waals surface area contributed by atoms with E-state index in [0.29, 0.717) is 36.8 Å². The number of carbonyl (C=O) groups is 2. The second-order valence-corrected chi connectivity index (χ2v) is 8.78. The predicted molar refractivity (Wildman–Crippen MR) is 117 cm³/mol. The number of benzene rings is 1. The summed E-state index contributed by atoms with van der Waals surface area (Å²) < 4.78 is 11.9. The van der Waals surface area contributed by atoms with Crippen molar-refractivity contribution in [3.05, 3.63) is 42.5 Å². The first-order valence-corrected chi connectivity index (χ1v) is 11.0. The molecule has 1 unspecified atom stereocenters. The molecule has 3 rings (SSSR count). The number of ether oxygens (including phenoxy) is 2. The average molecular weight is 415 g/mol. The normalized spacial score (nSPS) is 20.4. The van der Waals surface area contributed by atoms with Crippen LogP contribution in [-0.2, 0) is 9.53 Å². The van der Waals surface area contributed by atoms with E-state index in [1.807, 2.05) is 17.0 Å². The van der Waals surface area contributed by atoms with E-state index in [2.05, 4.69) is 25.7 Å². The van der Waals surface area contributed by atoms with E-state index in [1.165, 1.54) is 0 Å². The van der Waals surface area contributed by atoms with Crippen LogP contribution in [0.2, 0.25) is 0 Å². The van der Waals surface area contributed by atoms with Gasteiger partial charge in [0.15, 0.2) is 0 Å². The summed E-state index contributed by atoms with van der Waals surface area (Å²) in [6, 6.07) is 7.14. The smallest absolute Gasteiger partial charge is 0.251 e. The SMILES string of the molecule is C=CCOc1cccc(C(=O)NCC2CCC3(CCN(C(=O)CC(C)C)CC3)O2)c1. The molecule has 1 N–H and O–H groups in total. The molecule has 6 heteroatoms. The number of hydrogen-bond donors (Lipinski definition) is 1. The van der Waals surface area contributed by atoms with Crippen molar-refractivity contribution in [2.24, 2.45) is 5.92 Å². The Kier molecular flexibility index (Phi) is 7.53. The molecule has 6 nitrogen and oxygen atoms in total. The zero-order valence-electron chi connectivity index (χ0n) is 18.2. The molecule has 1 aromatic rings. The zero-order valence-corrected chi connectivity index (χ0v) is 18.2. The molecule has 2 fully saturated rings. The summed E-state index contributed by atoms with van der Waals surface area (Å²) in [5.41, 5.74) is 0.434. The fourth-order valence-corrected chi connectivity index (χ4v) is 4.24. The quantitative estimate of drug-likeness (QED) is 0.661. The first kappa shape index (κ1) is 22.3. The topological polar surface area (TPSA) is 67.9 Å². The molecule has 1 spiro atoms. The number of carbonyl (C=O) groups excluding carboxylic acids is 2.